The van der Waals surface area contributed by atoms with Crippen LogP contribution in [0.4, 0.5) is 13.9 Å². The Balaban J connectivity index is 1.62. The Kier molecular flexibility index (Phi) is 5.62. The van der Waals surface area contributed by atoms with Crippen LogP contribution in [0.5, 0.6) is 0 Å². The van der Waals surface area contributed by atoms with Crippen LogP contribution < -0.4 is 5.32 Å². The van der Waals surface area contributed by atoms with Crippen LogP contribution >= 0.6 is 34.7 Å². The molecule has 2 aromatic carbocycles. The number of rotatable bonds is 5. The van der Waals surface area contributed by atoms with Crippen LogP contribution in [-0.2, 0) is 5.75 Å². The van der Waals surface area contributed by atoms with Gasteiger partial charge in [0.2, 0.25) is 5.13 Å². The zero-order chi connectivity index (χ0) is 17.8. The first-order valence-electron chi connectivity index (χ1n) is 6.99. The minimum atomic E-state index is -0.496. The lowest BCUT2D eigenvalue weighted by Crippen LogP contribution is -2.11. The summed E-state index contributed by atoms with van der Waals surface area (Å²) in [6.45, 7) is 0. The van der Waals surface area contributed by atoms with E-state index in [2.05, 4.69) is 15.5 Å². The van der Waals surface area contributed by atoms with Crippen LogP contribution in [0.1, 0.15) is 15.9 Å². The number of carbonyl (C=O) groups excluding carboxylic acids is 1. The fourth-order valence-electron chi connectivity index (χ4n) is 1.92. The molecule has 0 aliphatic carbocycles. The molecule has 4 nitrogen and oxygen atoms in total. The van der Waals surface area contributed by atoms with Crippen molar-refractivity contribution in [1.82, 2.24) is 10.2 Å². The Morgan fingerprint density at radius 2 is 2.00 bits per heavy atom. The Morgan fingerprint density at radius 1 is 1.20 bits per heavy atom. The van der Waals surface area contributed by atoms with E-state index in [4.69, 9.17) is 11.6 Å². The number of nitrogens with one attached hydrogen (secondary N) is 1. The summed E-state index contributed by atoms with van der Waals surface area (Å²) < 4.78 is 27.5. The zero-order valence-corrected chi connectivity index (χ0v) is 14.9. The van der Waals surface area contributed by atoms with Crippen LogP contribution in [0.25, 0.3) is 0 Å². The lowest BCUT2D eigenvalue weighted by molar-refractivity contribution is 0.102. The molecule has 25 heavy (non-hydrogen) atoms. The molecule has 0 aliphatic heterocycles. The van der Waals surface area contributed by atoms with E-state index in [9.17, 15) is 13.6 Å². The predicted octanol–water partition coefficient (Wildman–Crippen LogP) is 5.01. The average Bonchev–Trinajstić information content (AvgIpc) is 3.03. The molecule has 0 radical (unpaired) electrons. The van der Waals surface area contributed by atoms with Gasteiger partial charge in [0.1, 0.15) is 11.6 Å². The Bertz CT molecular complexity index is 920. The first kappa shape index (κ1) is 17.8. The van der Waals surface area contributed by atoms with Crippen molar-refractivity contribution in [2.75, 3.05) is 5.32 Å². The first-order valence-corrected chi connectivity index (χ1v) is 9.17. The van der Waals surface area contributed by atoms with Gasteiger partial charge in [-0.15, -0.1) is 10.2 Å². The number of halogens is 3. The van der Waals surface area contributed by atoms with Gasteiger partial charge in [-0.3, -0.25) is 10.1 Å². The molecular formula is C16H10ClF2N3OS2. The Hall–Kier alpha value is -2.03. The first-order chi connectivity index (χ1) is 12.0. The van der Waals surface area contributed by atoms with Crippen molar-refractivity contribution in [3.63, 3.8) is 0 Å². The standard InChI is InChI=1S/C16H10ClF2N3OS2/c17-12-6-2-4-10(13(12)19)8-24-16-22-21-15(25-16)20-14(23)9-3-1-5-11(18)7-9/h1-7H,8H2,(H,20,21,23). The largest absolute Gasteiger partial charge is 0.296 e. The summed E-state index contributed by atoms with van der Waals surface area (Å²) in [5, 5.41) is 10.7. The Labute approximate surface area is 155 Å². The smallest absolute Gasteiger partial charge is 0.257 e. The van der Waals surface area contributed by atoms with Crippen molar-refractivity contribution in [2.45, 2.75) is 10.1 Å². The van der Waals surface area contributed by atoms with Gasteiger partial charge in [0.25, 0.3) is 5.91 Å². The van der Waals surface area contributed by atoms with Gasteiger partial charge in [-0.1, -0.05) is 52.9 Å². The summed E-state index contributed by atoms with van der Waals surface area (Å²) in [6.07, 6.45) is 0. The van der Waals surface area contributed by atoms with Crippen molar-refractivity contribution >= 4 is 45.7 Å². The lowest BCUT2D eigenvalue weighted by Gasteiger charge is -2.02. The third kappa shape index (κ3) is 4.53. The van der Waals surface area contributed by atoms with Crippen molar-refractivity contribution < 1.29 is 13.6 Å². The predicted molar refractivity (Wildman–Crippen MR) is 95.2 cm³/mol. The Morgan fingerprint density at radius 3 is 2.80 bits per heavy atom. The van der Waals surface area contributed by atoms with E-state index in [1.54, 1.807) is 12.1 Å². The number of nitrogens with zero attached hydrogens (tertiary/aromatic N) is 2. The van der Waals surface area contributed by atoms with Crippen LogP contribution in [0.3, 0.4) is 0 Å². The van der Waals surface area contributed by atoms with E-state index in [-0.39, 0.29) is 15.7 Å². The quantitative estimate of drug-likeness (QED) is 0.485. The third-order valence-electron chi connectivity index (χ3n) is 3.10. The normalized spacial score (nSPS) is 10.7. The van der Waals surface area contributed by atoms with E-state index < -0.39 is 17.5 Å². The summed E-state index contributed by atoms with van der Waals surface area (Å²) >= 11 is 8.17. The van der Waals surface area contributed by atoms with Crippen LogP contribution in [0, 0.1) is 11.6 Å². The number of thioether (sulfide) groups is 1. The van der Waals surface area contributed by atoms with Crippen LogP contribution in [0.2, 0.25) is 5.02 Å². The van der Waals surface area contributed by atoms with Crippen LogP contribution in [-0.4, -0.2) is 16.1 Å². The maximum absolute atomic E-state index is 13.8. The number of hydrogen-bond acceptors (Lipinski definition) is 5. The van der Waals surface area contributed by atoms with Gasteiger partial charge in [-0.2, -0.15) is 0 Å². The topological polar surface area (TPSA) is 54.9 Å². The molecule has 0 saturated carbocycles. The molecule has 1 amide bonds. The number of amides is 1. The maximum atomic E-state index is 13.8. The summed E-state index contributed by atoms with van der Waals surface area (Å²) in [7, 11) is 0. The molecule has 3 aromatic rings. The molecule has 0 spiro atoms. The van der Waals surface area contributed by atoms with Gasteiger partial charge in [0.05, 0.1) is 5.02 Å². The number of carbonyl (C=O) groups is 1. The summed E-state index contributed by atoms with van der Waals surface area (Å²) in [5.74, 6) is -1.10. The molecule has 1 aromatic heterocycles. The van der Waals surface area contributed by atoms with Gasteiger partial charge in [0, 0.05) is 11.3 Å². The number of aromatic nitrogens is 2. The van der Waals surface area contributed by atoms with Gasteiger partial charge in [0.15, 0.2) is 4.34 Å². The van der Waals surface area contributed by atoms with Gasteiger partial charge < -0.3 is 0 Å². The summed E-state index contributed by atoms with van der Waals surface area (Å²) in [5.41, 5.74) is 0.642. The fourth-order valence-corrected chi connectivity index (χ4v) is 3.83. The van der Waals surface area contributed by atoms with E-state index >= 15 is 0 Å². The zero-order valence-electron chi connectivity index (χ0n) is 12.5. The molecule has 3 rings (SSSR count). The van der Waals surface area contributed by atoms with Gasteiger partial charge in [-0.05, 0) is 29.8 Å². The van der Waals surface area contributed by atoms with Crippen molar-refractivity contribution in [3.05, 3.63) is 70.2 Å². The molecule has 128 valence electrons. The molecule has 0 fully saturated rings. The van der Waals surface area contributed by atoms with E-state index in [0.717, 1.165) is 17.4 Å². The third-order valence-corrected chi connectivity index (χ3v) is 5.41. The minimum absolute atomic E-state index is 0.0680. The van der Waals surface area contributed by atoms with Crippen LogP contribution in [0.15, 0.2) is 46.8 Å². The second-order valence-corrected chi connectivity index (χ2v) is 7.45. The second kappa shape index (κ2) is 7.90. The number of anilines is 1. The number of hydrogen-bond donors (Lipinski definition) is 1. The monoisotopic (exact) mass is 397 g/mol. The van der Waals surface area contributed by atoms with Crippen molar-refractivity contribution in [3.8, 4) is 0 Å². The average molecular weight is 398 g/mol. The van der Waals surface area contributed by atoms with E-state index in [1.807, 2.05) is 0 Å². The molecule has 0 bridgehead atoms. The second-order valence-electron chi connectivity index (χ2n) is 4.84. The maximum Gasteiger partial charge on any atom is 0.257 e. The molecule has 9 heteroatoms. The lowest BCUT2D eigenvalue weighted by atomic mass is 10.2. The molecule has 0 saturated heterocycles. The SMILES string of the molecule is O=C(Nc1nnc(SCc2cccc(Cl)c2F)s1)c1cccc(F)c1. The molecule has 0 unspecified atom stereocenters. The summed E-state index contributed by atoms with van der Waals surface area (Å²) in [6, 6.07) is 10.1. The van der Waals surface area contributed by atoms with Gasteiger partial charge in [-0.25, -0.2) is 8.78 Å². The molecule has 1 heterocycles. The van der Waals surface area contributed by atoms with E-state index in [1.165, 1.54) is 36.0 Å². The molecular weight excluding hydrogens is 388 g/mol. The van der Waals surface area contributed by atoms with Crippen molar-refractivity contribution in [2.24, 2.45) is 0 Å². The fraction of sp³-hybridized carbons (Fsp3) is 0.0625. The number of benzene rings is 2. The van der Waals surface area contributed by atoms with E-state index in [0.29, 0.717) is 15.7 Å². The highest BCUT2D eigenvalue weighted by Crippen LogP contribution is 2.30. The summed E-state index contributed by atoms with van der Waals surface area (Å²) in [4.78, 5) is 12.0. The highest BCUT2D eigenvalue weighted by Gasteiger charge is 2.12. The highest BCUT2D eigenvalue weighted by molar-refractivity contribution is 8.00. The minimum Gasteiger partial charge on any atom is -0.296 e. The molecule has 0 aliphatic rings. The molecule has 1 N–H and O–H groups in total. The van der Waals surface area contributed by atoms with Gasteiger partial charge >= 0.3 is 0 Å². The molecule has 0 atom stereocenters. The highest BCUT2D eigenvalue weighted by atomic mass is 35.5. The van der Waals surface area contributed by atoms with Crippen molar-refractivity contribution in [1.29, 1.82) is 0 Å².